The molecule has 118 valence electrons. The van der Waals surface area contributed by atoms with Crippen molar-refractivity contribution in [3.63, 3.8) is 0 Å². The summed E-state index contributed by atoms with van der Waals surface area (Å²) in [5, 5.41) is -0.449. The molecule has 1 rings (SSSR count). The van der Waals surface area contributed by atoms with Crippen molar-refractivity contribution >= 4 is 16.8 Å². The topological polar surface area (TPSA) is 26.3 Å². The number of halogens is 1. The highest BCUT2D eigenvalue weighted by Crippen LogP contribution is 2.36. The largest absolute Gasteiger partial charge is 0.481 e. The lowest BCUT2D eigenvalue weighted by Gasteiger charge is -2.33. The standard InChI is InChI=1S/C18H27ClO2/c1-7-15(16(19)20)21-14-10-8-13(9-11-14)18(5,6)12-17(2,3)4/h8-11,15H,7,12H2,1-6H3. The van der Waals surface area contributed by atoms with Gasteiger partial charge in [0, 0.05) is 0 Å². The number of carbonyl (C=O) groups is 1. The molecular weight excluding hydrogens is 284 g/mol. The van der Waals surface area contributed by atoms with E-state index >= 15 is 0 Å². The van der Waals surface area contributed by atoms with Gasteiger partial charge < -0.3 is 4.74 Å². The summed E-state index contributed by atoms with van der Waals surface area (Å²) in [6, 6.07) is 7.99. The molecule has 21 heavy (non-hydrogen) atoms. The Kier molecular flexibility index (Phi) is 5.86. The van der Waals surface area contributed by atoms with E-state index in [-0.39, 0.29) is 10.8 Å². The maximum atomic E-state index is 11.2. The summed E-state index contributed by atoms with van der Waals surface area (Å²) >= 11 is 5.51. The van der Waals surface area contributed by atoms with E-state index in [1.54, 1.807) is 0 Å². The van der Waals surface area contributed by atoms with Crippen LogP contribution in [0.2, 0.25) is 0 Å². The summed E-state index contributed by atoms with van der Waals surface area (Å²) in [4.78, 5) is 11.2. The lowest BCUT2D eigenvalue weighted by molar-refractivity contribution is -0.117. The van der Waals surface area contributed by atoms with Gasteiger partial charge in [-0.3, -0.25) is 4.79 Å². The van der Waals surface area contributed by atoms with Crippen LogP contribution in [0, 0.1) is 5.41 Å². The summed E-state index contributed by atoms with van der Waals surface area (Å²) in [5.74, 6) is 0.686. The predicted octanol–water partition coefficient (Wildman–Crippen LogP) is 5.32. The minimum absolute atomic E-state index is 0.100. The Bertz CT molecular complexity index is 469. The molecule has 0 radical (unpaired) electrons. The smallest absolute Gasteiger partial charge is 0.262 e. The molecular formula is C18H27ClO2. The third-order valence-electron chi connectivity index (χ3n) is 3.51. The van der Waals surface area contributed by atoms with Gasteiger partial charge in [0.2, 0.25) is 0 Å². The van der Waals surface area contributed by atoms with E-state index < -0.39 is 11.3 Å². The fourth-order valence-electron chi connectivity index (χ4n) is 2.87. The molecule has 0 bridgehead atoms. The summed E-state index contributed by atoms with van der Waals surface area (Å²) in [6.45, 7) is 13.2. The van der Waals surface area contributed by atoms with Gasteiger partial charge in [0.05, 0.1) is 0 Å². The molecule has 0 spiro atoms. The molecule has 0 aliphatic heterocycles. The summed E-state index contributed by atoms with van der Waals surface area (Å²) in [6.07, 6.45) is 1.09. The van der Waals surface area contributed by atoms with E-state index in [4.69, 9.17) is 16.3 Å². The van der Waals surface area contributed by atoms with E-state index in [1.807, 2.05) is 19.1 Å². The molecule has 0 N–H and O–H groups in total. The molecule has 1 unspecified atom stereocenters. The van der Waals surface area contributed by atoms with Crippen molar-refractivity contribution in [3.8, 4) is 5.75 Å². The van der Waals surface area contributed by atoms with Crippen LogP contribution in [-0.2, 0) is 10.2 Å². The lowest BCUT2D eigenvalue weighted by atomic mass is 9.72. The number of hydrogen-bond donors (Lipinski definition) is 0. The Morgan fingerprint density at radius 3 is 2.05 bits per heavy atom. The van der Waals surface area contributed by atoms with Crippen LogP contribution in [0.3, 0.4) is 0 Å². The Morgan fingerprint density at radius 2 is 1.67 bits per heavy atom. The summed E-state index contributed by atoms with van der Waals surface area (Å²) in [7, 11) is 0. The van der Waals surface area contributed by atoms with Gasteiger partial charge in [0.25, 0.3) is 5.24 Å². The van der Waals surface area contributed by atoms with Gasteiger partial charge in [-0.25, -0.2) is 0 Å². The van der Waals surface area contributed by atoms with Gasteiger partial charge in [0.1, 0.15) is 5.75 Å². The van der Waals surface area contributed by atoms with E-state index in [2.05, 4.69) is 46.8 Å². The molecule has 0 saturated carbocycles. The quantitative estimate of drug-likeness (QED) is 0.664. The van der Waals surface area contributed by atoms with Gasteiger partial charge >= 0.3 is 0 Å². The molecule has 0 saturated heterocycles. The number of carbonyl (C=O) groups excluding carboxylic acids is 1. The van der Waals surface area contributed by atoms with Crippen LogP contribution in [0.1, 0.15) is 59.9 Å². The van der Waals surface area contributed by atoms with Crippen LogP contribution in [0.5, 0.6) is 5.75 Å². The fraction of sp³-hybridized carbons (Fsp3) is 0.611. The molecule has 0 aliphatic carbocycles. The molecule has 1 aromatic carbocycles. The van der Waals surface area contributed by atoms with Gasteiger partial charge in [0.15, 0.2) is 6.10 Å². The van der Waals surface area contributed by atoms with Crippen molar-refractivity contribution in [3.05, 3.63) is 29.8 Å². The Labute approximate surface area is 133 Å². The second-order valence-corrected chi connectivity index (χ2v) is 7.84. The number of benzene rings is 1. The highest BCUT2D eigenvalue weighted by molar-refractivity contribution is 6.64. The van der Waals surface area contributed by atoms with Crippen molar-refractivity contribution in [1.82, 2.24) is 0 Å². The van der Waals surface area contributed by atoms with E-state index in [9.17, 15) is 4.79 Å². The van der Waals surface area contributed by atoms with Crippen LogP contribution in [0.25, 0.3) is 0 Å². The minimum atomic E-state index is -0.569. The number of rotatable bonds is 6. The zero-order valence-corrected chi connectivity index (χ0v) is 14.8. The van der Waals surface area contributed by atoms with Crippen molar-refractivity contribution in [2.24, 2.45) is 5.41 Å². The van der Waals surface area contributed by atoms with Crippen LogP contribution >= 0.6 is 11.6 Å². The molecule has 1 aromatic rings. The monoisotopic (exact) mass is 310 g/mol. The Hall–Kier alpha value is -1.02. The minimum Gasteiger partial charge on any atom is -0.481 e. The summed E-state index contributed by atoms with van der Waals surface area (Å²) in [5.41, 5.74) is 1.65. The lowest BCUT2D eigenvalue weighted by Crippen LogP contribution is -2.25. The third-order valence-corrected chi connectivity index (χ3v) is 3.75. The van der Waals surface area contributed by atoms with Crippen molar-refractivity contribution in [2.45, 2.75) is 65.9 Å². The average molecular weight is 311 g/mol. The first-order valence-electron chi connectivity index (χ1n) is 7.52. The van der Waals surface area contributed by atoms with Gasteiger partial charge in [-0.1, -0.05) is 53.7 Å². The number of ether oxygens (including phenoxy) is 1. The maximum Gasteiger partial charge on any atom is 0.262 e. The zero-order valence-electron chi connectivity index (χ0n) is 14.0. The maximum absolute atomic E-state index is 11.2. The second-order valence-electron chi connectivity index (χ2n) is 7.46. The van der Waals surface area contributed by atoms with Crippen molar-refractivity contribution in [1.29, 1.82) is 0 Å². The molecule has 0 aromatic heterocycles. The zero-order chi connectivity index (χ0) is 16.3. The summed E-state index contributed by atoms with van der Waals surface area (Å²) < 4.78 is 5.61. The molecule has 0 aliphatic rings. The highest BCUT2D eigenvalue weighted by Gasteiger charge is 2.27. The molecule has 0 amide bonds. The normalized spacial score (nSPS) is 13.9. The van der Waals surface area contributed by atoms with Crippen LogP contribution < -0.4 is 4.74 Å². The molecule has 1 atom stereocenters. The predicted molar refractivity (Wildman–Crippen MR) is 89.1 cm³/mol. The Balaban J connectivity index is 2.85. The van der Waals surface area contributed by atoms with Crippen molar-refractivity contribution < 1.29 is 9.53 Å². The molecule has 0 heterocycles. The van der Waals surface area contributed by atoms with Crippen LogP contribution in [0.15, 0.2) is 24.3 Å². The molecule has 2 nitrogen and oxygen atoms in total. The van der Waals surface area contributed by atoms with Crippen LogP contribution in [0.4, 0.5) is 0 Å². The Morgan fingerprint density at radius 1 is 1.14 bits per heavy atom. The third kappa shape index (κ3) is 5.70. The highest BCUT2D eigenvalue weighted by atomic mass is 35.5. The van der Waals surface area contributed by atoms with E-state index in [0.717, 1.165) is 6.42 Å². The average Bonchev–Trinajstić information content (AvgIpc) is 2.33. The van der Waals surface area contributed by atoms with Crippen molar-refractivity contribution in [2.75, 3.05) is 0 Å². The first kappa shape index (κ1) is 18.0. The molecule has 3 heteroatoms. The SMILES string of the molecule is CCC(Oc1ccc(C(C)(C)CC(C)(C)C)cc1)C(=O)Cl. The number of hydrogen-bond acceptors (Lipinski definition) is 2. The van der Waals surface area contributed by atoms with E-state index in [0.29, 0.717) is 12.2 Å². The van der Waals surface area contributed by atoms with Gasteiger partial charge in [-0.05, 0) is 53.0 Å². The van der Waals surface area contributed by atoms with Crippen LogP contribution in [-0.4, -0.2) is 11.3 Å². The first-order valence-corrected chi connectivity index (χ1v) is 7.89. The van der Waals surface area contributed by atoms with Gasteiger partial charge in [-0.15, -0.1) is 0 Å². The van der Waals surface area contributed by atoms with Gasteiger partial charge in [-0.2, -0.15) is 0 Å². The molecule has 0 fully saturated rings. The first-order chi connectivity index (χ1) is 9.55. The van der Waals surface area contributed by atoms with E-state index in [1.165, 1.54) is 5.56 Å². The fourth-order valence-corrected chi connectivity index (χ4v) is 3.07. The second kappa shape index (κ2) is 6.83.